The number of piperidine rings is 1. The summed E-state index contributed by atoms with van der Waals surface area (Å²) in [5, 5.41) is 10.6. The molecule has 2 amide bonds. The maximum absolute atomic E-state index is 13.0. The first-order valence-corrected chi connectivity index (χ1v) is 15.3. The number of carbonyl (C=O) groups excluding carboxylic acids is 2. The summed E-state index contributed by atoms with van der Waals surface area (Å²) in [6.45, 7) is 10.9. The summed E-state index contributed by atoms with van der Waals surface area (Å²) in [5.74, 6) is 1.74. The minimum Gasteiger partial charge on any atom is -0.488 e. The lowest BCUT2D eigenvalue weighted by Crippen LogP contribution is -2.61. The van der Waals surface area contributed by atoms with Crippen molar-refractivity contribution in [2.75, 3.05) is 25.1 Å². The van der Waals surface area contributed by atoms with E-state index in [1.165, 1.54) is 6.20 Å². The lowest BCUT2D eigenvalue weighted by molar-refractivity contribution is -0.0993. The molecular formula is C33H39N7O5. The van der Waals surface area contributed by atoms with E-state index in [1.54, 1.807) is 22.8 Å². The Kier molecular flexibility index (Phi) is 8.32. The molecular weight excluding hydrogens is 574 g/mol. The van der Waals surface area contributed by atoms with Gasteiger partial charge in [-0.3, -0.25) is 14.7 Å². The topological polar surface area (TPSA) is 132 Å². The number of morpholine rings is 1. The molecule has 12 nitrogen and oxygen atoms in total. The summed E-state index contributed by atoms with van der Waals surface area (Å²) in [6.07, 6.45) is 6.09. The molecule has 3 atom stereocenters. The van der Waals surface area contributed by atoms with Crippen molar-refractivity contribution in [3.05, 3.63) is 66.2 Å². The number of ether oxygens (including phenoxy) is 3. The van der Waals surface area contributed by atoms with Gasteiger partial charge in [0.05, 0.1) is 42.6 Å². The highest BCUT2D eigenvalue weighted by Gasteiger charge is 2.44. The van der Waals surface area contributed by atoms with E-state index in [0.29, 0.717) is 55.5 Å². The summed E-state index contributed by atoms with van der Waals surface area (Å²) >= 11 is 0. The Labute approximate surface area is 262 Å². The highest BCUT2D eigenvalue weighted by atomic mass is 16.6. The van der Waals surface area contributed by atoms with Crippen LogP contribution in [-0.4, -0.2) is 80.0 Å². The molecule has 1 unspecified atom stereocenters. The second-order valence-corrected chi connectivity index (χ2v) is 12.5. The molecule has 0 radical (unpaired) electrons. The van der Waals surface area contributed by atoms with E-state index in [9.17, 15) is 9.59 Å². The molecule has 2 aliphatic heterocycles. The van der Waals surface area contributed by atoms with Crippen LogP contribution < -0.4 is 15.4 Å². The van der Waals surface area contributed by atoms with Gasteiger partial charge < -0.3 is 24.8 Å². The van der Waals surface area contributed by atoms with Crippen molar-refractivity contribution in [3.8, 4) is 16.9 Å². The summed E-state index contributed by atoms with van der Waals surface area (Å²) in [7, 11) is 0. The quantitative estimate of drug-likeness (QED) is 0.291. The number of anilines is 2. The lowest BCUT2D eigenvalue weighted by Gasteiger charge is -2.48. The summed E-state index contributed by atoms with van der Waals surface area (Å²) in [4.78, 5) is 35.8. The number of nitrogens with zero attached hydrogens (tertiary/aromatic N) is 5. The van der Waals surface area contributed by atoms with Crippen LogP contribution >= 0.6 is 0 Å². The molecule has 2 saturated heterocycles. The Morgan fingerprint density at radius 1 is 1.02 bits per heavy atom. The number of carbonyl (C=O) groups is 2. The molecule has 6 heterocycles. The zero-order valence-electron chi connectivity index (χ0n) is 26.2. The van der Waals surface area contributed by atoms with Gasteiger partial charge in [0, 0.05) is 49.1 Å². The van der Waals surface area contributed by atoms with Crippen molar-refractivity contribution in [2.24, 2.45) is 0 Å². The third kappa shape index (κ3) is 6.85. The Morgan fingerprint density at radius 2 is 1.80 bits per heavy atom. The molecule has 12 heteroatoms. The average Bonchev–Trinajstić information content (AvgIpc) is 3.38. The molecule has 4 aromatic rings. The maximum Gasteiger partial charge on any atom is 0.410 e. The number of aryl methyl sites for hydroxylation is 1. The fourth-order valence-corrected chi connectivity index (χ4v) is 5.84. The van der Waals surface area contributed by atoms with E-state index in [1.807, 2.05) is 63.9 Å². The fraction of sp³-hybridized carbons (Fsp3) is 0.424. The number of nitrogens with one attached hydrogen (secondary N) is 2. The molecule has 0 saturated carbocycles. The molecule has 2 fully saturated rings. The first-order chi connectivity index (χ1) is 21.6. The number of pyridine rings is 3. The smallest absolute Gasteiger partial charge is 0.410 e. The number of amides is 2. The Hall–Kier alpha value is -4.71. The van der Waals surface area contributed by atoms with Crippen molar-refractivity contribution in [3.63, 3.8) is 0 Å². The van der Waals surface area contributed by atoms with Gasteiger partial charge in [-0.2, -0.15) is 5.10 Å². The summed E-state index contributed by atoms with van der Waals surface area (Å²) in [6, 6.07) is 11.3. The Bertz CT molecular complexity index is 1680. The standard InChI is InChI=1S/C33H39N7O5/c1-6-34-31(41)22-7-8-29(36-16-22)37-30-15-23-12-21(9-10-39(23)38-30)27-11-20(2)35-17-28(27)44-26-13-24-18-43-19-25(14-26)40(24)32(42)45-33(3,4)5/h7-12,15-17,24-26H,6,13-14,18-19H2,1-5H3,(H,34,41)(H,36,37,38)/t24-,25+,26?. The van der Waals surface area contributed by atoms with Crippen LogP contribution in [0.2, 0.25) is 0 Å². The van der Waals surface area contributed by atoms with E-state index in [2.05, 4.69) is 31.8 Å². The number of rotatable bonds is 7. The van der Waals surface area contributed by atoms with Crippen LogP contribution in [0.3, 0.4) is 0 Å². The van der Waals surface area contributed by atoms with Crippen LogP contribution in [0.25, 0.3) is 16.6 Å². The SMILES string of the molecule is CCNC(=O)c1ccc(Nc2cc3cc(-c4cc(C)ncc4OC4C[C@H]5COC[C@@H](C4)N5C(=O)OC(C)(C)C)ccn3n2)nc1. The van der Waals surface area contributed by atoms with Gasteiger partial charge in [-0.15, -0.1) is 0 Å². The summed E-state index contributed by atoms with van der Waals surface area (Å²) in [5.41, 5.74) is 3.59. The van der Waals surface area contributed by atoms with Crippen molar-refractivity contribution < 1.29 is 23.8 Å². The highest BCUT2D eigenvalue weighted by molar-refractivity contribution is 5.94. The number of hydrogen-bond donors (Lipinski definition) is 2. The molecule has 0 spiro atoms. The fourth-order valence-electron chi connectivity index (χ4n) is 5.84. The molecule has 2 N–H and O–H groups in total. The van der Waals surface area contributed by atoms with Gasteiger partial charge in [0.1, 0.15) is 23.3 Å². The average molecular weight is 614 g/mol. The van der Waals surface area contributed by atoms with Crippen LogP contribution in [0.4, 0.5) is 16.4 Å². The first kappa shape index (κ1) is 30.3. The second-order valence-electron chi connectivity index (χ2n) is 12.5. The van der Waals surface area contributed by atoms with E-state index in [0.717, 1.165) is 22.3 Å². The van der Waals surface area contributed by atoms with Gasteiger partial charge in [0.2, 0.25) is 0 Å². The number of aromatic nitrogens is 4. The van der Waals surface area contributed by atoms with Gasteiger partial charge in [0.15, 0.2) is 5.82 Å². The van der Waals surface area contributed by atoms with Gasteiger partial charge in [-0.25, -0.2) is 14.3 Å². The van der Waals surface area contributed by atoms with Crippen LogP contribution in [0, 0.1) is 6.92 Å². The van der Waals surface area contributed by atoms with E-state index >= 15 is 0 Å². The van der Waals surface area contributed by atoms with Gasteiger partial charge in [0.25, 0.3) is 5.91 Å². The maximum atomic E-state index is 13.0. The number of hydrogen-bond acceptors (Lipinski definition) is 9. The summed E-state index contributed by atoms with van der Waals surface area (Å²) < 4.78 is 19.9. The van der Waals surface area contributed by atoms with Crippen LogP contribution in [0.5, 0.6) is 5.75 Å². The van der Waals surface area contributed by atoms with Crippen molar-refractivity contribution in [2.45, 2.75) is 71.2 Å². The van der Waals surface area contributed by atoms with E-state index in [-0.39, 0.29) is 30.2 Å². The van der Waals surface area contributed by atoms with Gasteiger partial charge >= 0.3 is 6.09 Å². The largest absolute Gasteiger partial charge is 0.488 e. The molecule has 45 heavy (non-hydrogen) atoms. The predicted octanol–water partition coefficient (Wildman–Crippen LogP) is 5.14. The monoisotopic (exact) mass is 613 g/mol. The second kappa shape index (κ2) is 12.4. The van der Waals surface area contributed by atoms with E-state index in [4.69, 9.17) is 14.2 Å². The molecule has 0 aromatic carbocycles. The minimum absolute atomic E-state index is 0.104. The highest BCUT2D eigenvalue weighted by Crippen LogP contribution is 2.36. The van der Waals surface area contributed by atoms with E-state index < -0.39 is 5.60 Å². The zero-order chi connectivity index (χ0) is 31.7. The van der Waals surface area contributed by atoms with Crippen molar-refractivity contribution >= 4 is 29.2 Å². The zero-order valence-corrected chi connectivity index (χ0v) is 26.2. The molecule has 4 aromatic heterocycles. The van der Waals surface area contributed by atoms with Crippen LogP contribution in [0.1, 0.15) is 56.6 Å². The third-order valence-electron chi connectivity index (χ3n) is 7.77. The van der Waals surface area contributed by atoms with Crippen molar-refractivity contribution in [1.82, 2.24) is 29.8 Å². The predicted molar refractivity (Wildman–Crippen MR) is 169 cm³/mol. The Morgan fingerprint density at radius 3 is 2.49 bits per heavy atom. The lowest BCUT2D eigenvalue weighted by atomic mass is 9.92. The van der Waals surface area contributed by atoms with Gasteiger partial charge in [-0.05, 0) is 70.5 Å². The molecule has 0 aliphatic carbocycles. The molecule has 6 rings (SSSR count). The molecule has 2 aliphatic rings. The molecule has 2 bridgehead atoms. The normalized spacial score (nSPS) is 19.7. The minimum atomic E-state index is -0.564. The van der Waals surface area contributed by atoms with Gasteiger partial charge in [-0.1, -0.05) is 0 Å². The van der Waals surface area contributed by atoms with Crippen LogP contribution in [0.15, 0.2) is 55.0 Å². The number of fused-ring (bicyclic) bond motifs is 3. The first-order valence-electron chi connectivity index (χ1n) is 15.3. The van der Waals surface area contributed by atoms with Crippen LogP contribution in [-0.2, 0) is 9.47 Å². The van der Waals surface area contributed by atoms with Crippen molar-refractivity contribution in [1.29, 1.82) is 0 Å². The Balaban J connectivity index is 1.19. The molecule has 236 valence electrons. The third-order valence-corrected chi connectivity index (χ3v) is 7.77.